The standard InChI is InChI=1S/C27H40N4O6/c1-9-10-14-28-22-21(35-17-19-12-11-13-20(15-19)23(32)34-8)16-29-24(30-22)31(18-36-26(2,3)4)25(33)37-27(5,6)7/h11-13,15-16H,9-10,14,17-18H2,1-8H3,(H,28,29,30). The van der Waals surface area contributed by atoms with Crippen LogP contribution in [0.3, 0.4) is 0 Å². The number of methoxy groups -OCH3 is 1. The maximum Gasteiger partial charge on any atom is 0.419 e. The molecule has 10 heteroatoms. The number of amides is 1. The predicted octanol–water partition coefficient (Wildman–Crippen LogP) is 5.57. The number of anilines is 2. The Morgan fingerprint density at radius 1 is 1.08 bits per heavy atom. The third kappa shape index (κ3) is 10.2. The number of aromatic nitrogens is 2. The van der Waals surface area contributed by atoms with Gasteiger partial charge in [-0.05, 0) is 65.7 Å². The molecule has 0 aliphatic heterocycles. The average Bonchev–Trinajstić information content (AvgIpc) is 2.81. The normalized spacial score (nSPS) is 11.6. The first-order valence-electron chi connectivity index (χ1n) is 12.4. The molecule has 0 unspecified atom stereocenters. The molecule has 0 spiro atoms. The van der Waals surface area contributed by atoms with E-state index in [9.17, 15) is 9.59 Å². The summed E-state index contributed by atoms with van der Waals surface area (Å²) in [6.45, 7) is 13.9. The summed E-state index contributed by atoms with van der Waals surface area (Å²) in [5.41, 5.74) is 0.00878. The molecule has 37 heavy (non-hydrogen) atoms. The highest BCUT2D eigenvalue weighted by molar-refractivity contribution is 5.89. The van der Waals surface area contributed by atoms with Gasteiger partial charge < -0.3 is 24.3 Å². The van der Waals surface area contributed by atoms with E-state index in [4.69, 9.17) is 18.9 Å². The van der Waals surface area contributed by atoms with Gasteiger partial charge in [0, 0.05) is 6.54 Å². The molecule has 0 radical (unpaired) electrons. The van der Waals surface area contributed by atoms with Gasteiger partial charge in [-0.25, -0.2) is 19.5 Å². The highest BCUT2D eigenvalue weighted by Crippen LogP contribution is 2.26. The number of ether oxygens (including phenoxy) is 4. The summed E-state index contributed by atoms with van der Waals surface area (Å²) in [5, 5.41) is 3.27. The summed E-state index contributed by atoms with van der Waals surface area (Å²) in [6.07, 6.45) is 2.80. The van der Waals surface area contributed by atoms with Crippen LogP contribution in [0.4, 0.5) is 16.6 Å². The smallest absolute Gasteiger partial charge is 0.419 e. The van der Waals surface area contributed by atoms with Crippen molar-refractivity contribution >= 4 is 23.8 Å². The Morgan fingerprint density at radius 3 is 2.43 bits per heavy atom. The molecule has 0 aliphatic carbocycles. The van der Waals surface area contributed by atoms with Gasteiger partial charge >= 0.3 is 12.1 Å². The molecule has 2 aromatic rings. The maximum atomic E-state index is 13.0. The van der Waals surface area contributed by atoms with E-state index in [1.165, 1.54) is 18.2 Å². The lowest BCUT2D eigenvalue weighted by atomic mass is 10.1. The highest BCUT2D eigenvalue weighted by Gasteiger charge is 2.28. The summed E-state index contributed by atoms with van der Waals surface area (Å²) in [5.74, 6) is 0.546. The molecule has 10 nitrogen and oxygen atoms in total. The summed E-state index contributed by atoms with van der Waals surface area (Å²) >= 11 is 0. The summed E-state index contributed by atoms with van der Waals surface area (Å²) in [6, 6.07) is 6.99. The van der Waals surface area contributed by atoms with Gasteiger partial charge in [0.25, 0.3) is 0 Å². The lowest BCUT2D eigenvalue weighted by Gasteiger charge is -2.29. The van der Waals surface area contributed by atoms with Crippen LogP contribution >= 0.6 is 0 Å². The Kier molecular flexibility index (Phi) is 10.7. The molecule has 1 N–H and O–H groups in total. The summed E-state index contributed by atoms with van der Waals surface area (Å²) < 4.78 is 22.2. The molecule has 204 valence electrons. The number of esters is 1. The Morgan fingerprint density at radius 2 is 1.81 bits per heavy atom. The SMILES string of the molecule is CCCCNc1nc(N(COC(C)(C)C)C(=O)OC(C)(C)C)ncc1OCc1cccc(C(=O)OC)c1. The molecular weight excluding hydrogens is 476 g/mol. The van der Waals surface area contributed by atoms with Crippen LogP contribution in [0.2, 0.25) is 0 Å². The minimum Gasteiger partial charge on any atom is -0.483 e. The third-order valence-electron chi connectivity index (χ3n) is 4.79. The van der Waals surface area contributed by atoms with Crippen LogP contribution < -0.4 is 15.0 Å². The Balaban J connectivity index is 2.34. The van der Waals surface area contributed by atoms with Gasteiger partial charge in [-0.3, -0.25) is 0 Å². The van der Waals surface area contributed by atoms with E-state index in [2.05, 4.69) is 22.2 Å². The van der Waals surface area contributed by atoms with Crippen molar-refractivity contribution in [2.75, 3.05) is 30.6 Å². The molecule has 0 fully saturated rings. The zero-order valence-corrected chi connectivity index (χ0v) is 23.2. The van der Waals surface area contributed by atoms with Gasteiger partial charge in [-0.2, -0.15) is 4.98 Å². The van der Waals surface area contributed by atoms with Crippen LogP contribution in [0.1, 0.15) is 77.2 Å². The van der Waals surface area contributed by atoms with Crippen molar-refractivity contribution in [3.05, 3.63) is 41.6 Å². The minimum absolute atomic E-state index is 0.0899. The number of nitrogens with zero attached hydrogens (tertiary/aromatic N) is 3. The first-order valence-corrected chi connectivity index (χ1v) is 12.4. The van der Waals surface area contributed by atoms with Crippen LogP contribution in [0.25, 0.3) is 0 Å². The quantitative estimate of drug-likeness (QED) is 0.233. The van der Waals surface area contributed by atoms with Crippen LogP contribution in [-0.2, 0) is 20.8 Å². The van der Waals surface area contributed by atoms with Crippen molar-refractivity contribution in [1.82, 2.24) is 9.97 Å². The number of rotatable bonds is 11. The second-order valence-corrected chi connectivity index (χ2v) is 10.4. The fraction of sp³-hybridized carbons (Fsp3) is 0.556. The van der Waals surface area contributed by atoms with Crippen molar-refractivity contribution in [2.45, 2.75) is 79.1 Å². The second kappa shape index (κ2) is 13.2. The number of unbranched alkanes of at least 4 members (excludes halogenated alkanes) is 1. The lowest BCUT2D eigenvalue weighted by molar-refractivity contribution is -0.00797. The van der Waals surface area contributed by atoms with Crippen molar-refractivity contribution in [3.8, 4) is 5.75 Å². The number of nitrogens with one attached hydrogen (secondary N) is 1. The molecule has 1 aromatic carbocycles. The average molecular weight is 517 g/mol. The first-order chi connectivity index (χ1) is 17.3. The van der Waals surface area contributed by atoms with Crippen LogP contribution in [0, 0.1) is 0 Å². The van der Waals surface area contributed by atoms with E-state index in [0.29, 0.717) is 23.7 Å². The van der Waals surface area contributed by atoms with Crippen molar-refractivity contribution < 1.29 is 28.5 Å². The van der Waals surface area contributed by atoms with E-state index >= 15 is 0 Å². The molecule has 0 aliphatic rings. The predicted molar refractivity (Wildman–Crippen MR) is 142 cm³/mol. The molecule has 0 saturated carbocycles. The molecule has 2 rings (SSSR count). The number of carbonyl (C=O) groups excluding carboxylic acids is 2. The van der Waals surface area contributed by atoms with Gasteiger partial charge in [-0.1, -0.05) is 25.5 Å². The van der Waals surface area contributed by atoms with E-state index in [1.807, 2.05) is 26.8 Å². The van der Waals surface area contributed by atoms with E-state index in [-0.39, 0.29) is 19.3 Å². The van der Waals surface area contributed by atoms with Crippen LogP contribution in [0.5, 0.6) is 5.75 Å². The molecule has 1 heterocycles. The second-order valence-electron chi connectivity index (χ2n) is 10.4. The highest BCUT2D eigenvalue weighted by atomic mass is 16.6. The van der Waals surface area contributed by atoms with Crippen molar-refractivity contribution in [2.24, 2.45) is 0 Å². The van der Waals surface area contributed by atoms with Gasteiger partial charge in [0.1, 0.15) is 18.9 Å². The Bertz CT molecular complexity index is 1050. The molecule has 0 saturated heterocycles. The molecular formula is C27H40N4O6. The monoisotopic (exact) mass is 516 g/mol. The van der Waals surface area contributed by atoms with Crippen LogP contribution in [-0.4, -0.2) is 53.6 Å². The van der Waals surface area contributed by atoms with Crippen molar-refractivity contribution in [3.63, 3.8) is 0 Å². The Hall–Kier alpha value is -3.40. The van der Waals surface area contributed by atoms with Gasteiger partial charge in [-0.15, -0.1) is 0 Å². The Labute approximate surface area is 219 Å². The van der Waals surface area contributed by atoms with Crippen molar-refractivity contribution in [1.29, 1.82) is 0 Å². The number of hydrogen-bond donors (Lipinski definition) is 1. The number of benzene rings is 1. The number of hydrogen-bond acceptors (Lipinski definition) is 9. The fourth-order valence-electron chi connectivity index (χ4n) is 2.94. The topological polar surface area (TPSA) is 112 Å². The van der Waals surface area contributed by atoms with Gasteiger partial charge in [0.15, 0.2) is 11.6 Å². The molecule has 0 bridgehead atoms. The fourth-order valence-corrected chi connectivity index (χ4v) is 2.94. The third-order valence-corrected chi connectivity index (χ3v) is 4.79. The minimum atomic E-state index is -0.707. The lowest BCUT2D eigenvalue weighted by Crippen LogP contribution is -2.41. The molecule has 0 atom stereocenters. The van der Waals surface area contributed by atoms with E-state index in [1.54, 1.807) is 39.0 Å². The first kappa shape index (κ1) is 29.8. The zero-order valence-electron chi connectivity index (χ0n) is 23.2. The largest absolute Gasteiger partial charge is 0.483 e. The molecule has 1 amide bonds. The van der Waals surface area contributed by atoms with E-state index in [0.717, 1.165) is 18.4 Å². The van der Waals surface area contributed by atoms with Gasteiger partial charge in [0.2, 0.25) is 5.95 Å². The molecule has 1 aromatic heterocycles. The summed E-state index contributed by atoms with van der Waals surface area (Å²) in [7, 11) is 1.34. The van der Waals surface area contributed by atoms with Crippen LogP contribution in [0.15, 0.2) is 30.5 Å². The van der Waals surface area contributed by atoms with E-state index < -0.39 is 23.3 Å². The van der Waals surface area contributed by atoms with Gasteiger partial charge in [0.05, 0.1) is 24.5 Å². The number of carbonyl (C=O) groups is 2. The maximum absolute atomic E-state index is 13.0. The summed E-state index contributed by atoms with van der Waals surface area (Å²) in [4.78, 5) is 35.1. The zero-order chi connectivity index (χ0) is 27.6.